The Kier molecular flexibility index (Phi) is 6.63. The molecule has 0 fully saturated rings. The Morgan fingerprint density at radius 1 is 0.938 bits per heavy atom. The lowest BCUT2D eigenvalue weighted by Crippen LogP contribution is -2.36. The lowest BCUT2D eigenvalue weighted by atomic mass is 10.4. The normalized spacial score (nSPS) is 14.4. The molecule has 0 aliphatic rings. The van der Waals surface area contributed by atoms with E-state index in [0.717, 1.165) is 5.23 Å². The van der Waals surface area contributed by atoms with Gasteiger partial charge in [0.15, 0.2) is 12.2 Å². The third kappa shape index (κ3) is 5.06. The molecule has 0 aromatic rings. The van der Waals surface area contributed by atoms with Crippen molar-refractivity contribution in [2.24, 2.45) is 0 Å². The summed E-state index contributed by atoms with van der Waals surface area (Å²) in [5.74, 6) is -1.08. The van der Waals surface area contributed by atoms with E-state index in [2.05, 4.69) is 9.47 Å². The molecule has 94 valence electrons. The van der Waals surface area contributed by atoms with E-state index < -0.39 is 24.1 Å². The number of ether oxygens (including phenoxy) is 2. The van der Waals surface area contributed by atoms with Gasteiger partial charge in [0.2, 0.25) is 0 Å². The number of esters is 2. The summed E-state index contributed by atoms with van der Waals surface area (Å²) in [7, 11) is 3.92. The van der Waals surface area contributed by atoms with Crippen LogP contribution in [0.1, 0.15) is 13.8 Å². The zero-order valence-corrected chi connectivity index (χ0v) is 10.1. The number of hydroxylamine groups is 2. The Morgan fingerprint density at radius 3 is 1.50 bits per heavy atom. The molecular weight excluding hydrogens is 218 g/mol. The van der Waals surface area contributed by atoms with E-state index >= 15 is 0 Å². The Morgan fingerprint density at radius 2 is 1.25 bits per heavy atom. The molecule has 0 heterocycles. The average Bonchev–Trinajstić information content (AvgIpc) is 2.26. The zero-order chi connectivity index (χ0) is 12.7. The summed E-state index contributed by atoms with van der Waals surface area (Å²) in [4.78, 5) is 32.0. The molecule has 0 saturated heterocycles. The van der Waals surface area contributed by atoms with E-state index in [0.29, 0.717) is 0 Å². The van der Waals surface area contributed by atoms with Crippen molar-refractivity contribution in [1.82, 2.24) is 5.23 Å². The van der Waals surface area contributed by atoms with Crippen LogP contribution in [0.5, 0.6) is 0 Å². The van der Waals surface area contributed by atoms with Crippen LogP contribution in [0.4, 0.5) is 0 Å². The molecular formula is C9H17NO6. The average molecular weight is 235 g/mol. The number of methoxy groups -OCH3 is 2. The van der Waals surface area contributed by atoms with E-state index in [-0.39, 0.29) is 0 Å². The molecule has 0 amide bonds. The highest BCUT2D eigenvalue weighted by molar-refractivity contribution is 5.74. The van der Waals surface area contributed by atoms with Gasteiger partial charge in [0, 0.05) is 7.05 Å². The minimum atomic E-state index is -0.820. The van der Waals surface area contributed by atoms with Crippen LogP contribution in [-0.4, -0.2) is 50.6 Å². The Hall–Kier alpha value is -1.18. The van der Waals surface area contributed by atoms with E-state index in [1.807, 2.05) is 0 Å². The molecule has 7 nitrogen and oxygen atoms in total. The summed E-state index contributed by atoms with van der Waals surface area (Å²) in [5, 5.41) is 0.920. The fourth-order valence-corrected chi connectivity index (χ4v) is 0.888. The first-order chi connectivity index (χ1) is 7.42. The standard InChI is InChI=1S/C9H17NO6/c1-6(8(11)13-4)15-10(3)16-7(2)9(12)14-5/h6-7H,1-5H3. The number of carbonyl (C=O) groups excluding carboxylic acids is 2. The summed E-state index contributed by atoms with van der Waals surface area (Å²) >= 11 is 0. The monoisotopic (exact) mass is 235 g/mol. The van der Waals surface area contributed by atoms with Gasteiger partial charge in [0.25, 0.3) is 0 Å². The molecule has 2 unspecified atom stereocenters. The highest BCUT2D eigenvalue weighted by Gasteiger charge is 2.21. The van der Waals surface area contributed by atoms with Crippen molar-refractivity contribution in [3.05, 3.63) is 0 Å². The number of rotatable bonds is 6. The molecule has 2 atom stereocenters. The Labute approximate surface area is 94.1 Å². The molecule has 0 aliphatic heterocycles. The van der Waals surface area contributed by atoms with Crippen LogP contribution in [-0.2, 0) is 28.7 Å². The minimum absolute atomic E-state index is 0.541. The van der Waals surface area contributed by atoms with Crippen molar-refractivity contribution in [3.63, 3.8) is 0 Å². The van der Waals surface area contributed by atoms with Crippen LogP contribution in [0.25, 0.3) is 0 Å². The van der Waals surface area contributed by atoms with Crippen molar-refractivity contribution in [3.8, 4) is 0 Å². The van der Waals surface area contributed by atoms with Gasteiger partial charge in [0.1, 0.15) is 0 Å². The summed E-state index contributed by atoms with van der Waals surface area (Å²) in [6.45, 7) is 2.99. The highest BCUT2D eigenvalue weighted by Crippen LogP contribution is 2.02. The maximum absolute atomic E-state index is 11.0. The topological polar surface area (TPSA) is 74.3 Å². The fraction of sp³-hybridized carbons (Fsp3) is 0.778. The number of carbonyl (C=O) groups is 2. The van der Waals surface area contributed by atoms with Gasteiger partial charge in [-0.25, -0.2) is 9.59 Å². The molecule has 0 radical (unpaired) electrons. The van der Waals surface area contributed by atoms with Crippen LogP contribution >= 0.6 is 0 Å². The second kappa shape index (κ2) is 7.15. The van der Waals surface area contributed by atoms with E-state index in [1.165, 1.54) is 35.1 Å². The van der Waals surface area contributed by atoms with E-state index in [9.17, 15) is 9.59 Å². The van der Waals surface area contributed by atoms with E-state index in [4.69, 9.17) is 9.68 Å². The van der Waals surface area contributed by atoms with Crippen molar-refractivity contribution < 1.29 is 28.7 Å². The second-order valence-corrected chi connectivity index (χ2v) is 2.98. The molecule has 0 aromatic carbocycles. The van der Waals surface area contributed by atoms with Crippen molar-refractivity contribution >= 4 is 11.9 Å². The Balaban J connectivity index is 4.03. The molecule has 0 N–H and O–H groups in total. The molecule has 0 aliphatic carbocycles. The van der Waals surface area contributed by atoms with Crippen LogP contribution in [0, 0.1) is 0 Å². The van der Waals surface area contributed by atoms with Gasteiger partial charge in [-0.15, -0.1) is 0 Å². The molecule has 0 bridgehead atoms. The van der Waals surface area contributed by atoms with Gasteiger partial charge in [-0.1, -0.05) is 5.23 Å². The molecule has 7 heteroatoms. The highest BCUT2D eigenvalue weighted by atomic mass is 17.0. The lowest BCUT2D eigenvalue weighted by molar-refractivity contribution is -0.377. The SMILES string of the molecule is COC(=O)C(C)ON(C)OC(C)C(=O)OC. The lowest BCUT2D eigenvalue weighted by Gasteiger charge is -2.21. The number of nitrogens with zero attached hydrogens (tertiary/aromatic N) is 1. The van der Waals surface area contributed by atoms with Gasteiger partial charge in [-0.3, -0.25) is 9.68 Å². The summed E-state index contributed by atoms with van der Waals surface area (Å²) < 4.78 is 8.90. The molecule has 0 aromatic heterocycles. The predicted octanol–water partition coefficient (Wildman–Crippen LogP) is -0.0956. The van der Waals surface area contributed by atoms with Gasteiger partial charge in [-0.2, -0.15) is 0 Å². The zero-order valence-electron chi connectivity index (χ0n) is 10.1. The summed E-state index contributed by atoms with van der Waals surface area (Å²) in [5.41, 5.74) is 0. The predicted molar refractivity (Wildman–Crippen MR) is 52.9 cm³/mol. The molecule has 0 spiro atoms. The van der Waals surface area contributed by atoms with Crippen molar-refractivity contribution in [2.45, 2.75) is 26.1 Å². The van der Waals surface area contributed by atoms with Crippen molar-refractivity contribution in [1.29, 1.82) is 0 Å². The summed E-state index contributed by atoms with van der Waals surface area (Å²) in [6.07, 6.45) is -1.64. The van der Waals surface area contributed by atoms with Gasteiger partial charge in [0.05, 0.1) is 14.2 Å². The van der Waals surface area contributed by atoms with Gasteiger partial charge < -0.3 is 9.47 Å². The maximum Gasteiger partial charge on any atom is 0.336 e. The maximum atomic E-state index is 11.0. The third-order valence-electron chi connectivity index (χ3n) is 1.68. The fourth-order valence-electron chi connectivity index (χ4n) is 0.888. The van der Waals surface area contributed by atoms with Crippen LogP contribution in [0.3, 0.4) is 0 Å². The quantitative estimate of drug-likeness (QED) is 0.470. The van der Waals surface area contributed by atoms with Crippen LogP contribution in [0.15, 0.2) is 0 Å². The Bertz CT molecular complexity index is 220. The van der Waals surface area contributed by atoms with Gasteiger partial charge in [-0.05, 0) is 13.8 Å². The van der Waals surface area contributed by atoms with E-state index in [1.54, 1.807) is 0 Å². The second-order valence-electron chi connectivity index (χ2n) is 2.98. The molecule has 0 rings (SSSR count). The first-order valence-corrected chi connectivity index (χ1v) is 4.65. The third-order valence-corrected chi connectivity index (χ3v) is 1.68. The van der Waals surface area contributed by atoms with Crippen LogP contribution in [0.2, 0.25) is 0 Å². The smallest absolute Gasteiger partial charge is 0.336 e. The molecule has 0 saturated carbocycles. The number of hydrogen-bond acceptors (Lipinski definition) is 7. The summed E-state index contributed by atoms with van der Waals surface area (Å²) in [6, 6.07) is 0. The number of hydrogen-bond donors (Lipinski definition) is 0. The van der Waals surface area contributed by atoms with Crippen LogP contribution < -0.4 is 0 Å². The van der Waals surface area contributed by atoms with Crippen molar-refractivity contribution in [2.75, 3.05) is 21.3 Å². The molecule has 16 heavy (non-hydrogen) atoms. The first-order valence-electron chi connectivity index (χ1n) is 4.65. The van der Waals surface area contributed by atoms with Gasteiger partial charge >= 0.3 is 11.9 Å². The first kappa shape index (κ1) is 14.8. The minimum Gasteiger partial charge on any atom is -0.467 e. The largest absolute Gasteiger partial charge is 0.467 e.